The molecule has 2 amide bonds. The Hall–Kier alpha value is -1.93. The molecule has 2 aromatic carbocycles. The van der Waals surface area contributed by atoms with Gasteiger partial charge in [0.25, 0.3) is 0 Å². The summed E-state index contributed by atoms with van der Waals surface area (Å²) in [5.74, 6) is 0.758. The number of amides is 2. The van der Waals surface area contributed by atoms with E-state index in [9.17, 15) is 9.59 Å². The average molecular weight is 574 g/mol. The van der Waals surface area contributed by atoms with E-state index in [2.05, 4.69) is 95.4 Å². The molecule has 206 valence electrons. The Kier molecular flexibility index (Phi) is 11.2. The number of hydrogen-bond acceptors (Lipinski definition) is 5. The lowest BCUT2D eigenvalue weighted by atomic mass is 9.82. The summed E-state index contributed by atoms with van der Waals surface area (Å²) >= 11 is 13.5. The molecule has 2 heterocycles. The van der Waals surface area contributed by atoms with E-state index < -0.39 is 0 Å². The summed E-state index contributed by atoms with van der Waals surface area (Å²) in [5.41, 5.74) is 2.42. The SMILES string of the molecule is CC(=O)N1CCC(CC(=O)N2CCN(C(c3ccccc3)c3ccc(Cl)cc3)C[C@@H]2C(C)(C)C)CC1.S=S. The lowest BCUT2D eigenvalue weighted by Gasteiger charge is -2.50. The smallest absolute Gasteiger partial charge is 0.223 e. The monoisotopic (exact) mass is 573 g/mol. The predicted molar refractivity (Wildman–Crippen MR) is 161 cm³/mol. The second-order valence-corrected chi connectivity index (χ2v) is 11.9. The van der Waals surface area contributed by atoms with Crippen molar-refractivity contribution in [3.05, 3.63) is 70.7 Å². The van der Waals surface area contributed by atoms with Crippen molar-refractivity contribution in [3.63, 3.8) is 0 Å². The lowest BCUT2D eigenvalue weighted by molar-refractivity contribution is -0.141. The highest BCUT2D eigenvalue weighted by Crippen LogP contribution is 2.36. The summed E-state index contributed by atoms with van der Waals surface area (Å²) in [4.78, 5) is 31.9. The number of halogens is 1. The first kappa shape index (κ1) is 30.6. The Bertz CT molecular complexity index is 1050. The molecular weight excluding hydrogens is 534 g/mol. The van der Waals surface area contributed by atoms with Crippen molar-refractivity contribution >= 4 is 45.8 Å². The summed E-state index contributed by atoms with van der Waals surface area (Å²) in [6.07, 6.45) is 2.41. The molecule has 0 aromatic heterocycles. The fourth-order valence-corrected chi connectivity index (χ4v) is 5.92. The number of rotatable bonds is 5. The van der Waals surface area contributed by atoms with Crippen molar-refractivity contribution in [2.24, 2.45) is 11.3 Å². The van der Waals surface area contributed by atoms with E-state index in [-0.39, 0.29) is 29.3 Å². The summed E-state index contributed by atoms with van der Waals surface area (Å²) in [6.45, 7) is 12.3. The maximum atomic E-state index is 13.6. The van der Waals surface area contributed by atoms with Crippen molar-refractivity contribution < 1.29 is 9.59 Å². The normalized spacial score (nSPS) is 19.9. The minimum atomic E-state index is -0.0481. The minimum Gasteiger partial charge on any atom is -0.343 e. The zero-order chi connectivity index (χ0) is 27.9. The fourth-order valence-electron chi connectivity index (χ4n) is 5.79. The third-order valence-corrected chi connectivity index (χ3v) is 8.17. The number of likely N-dealkylation sites (tertiary alicyclic amines) is 1. The molecule has 0 bridgehead atoms. The van der Waals surface area contributed by atoms with E-state index in [1.54, 1.807) is 6.92 Å². The van der Waals surface area contributed by atoms with Gasteiger partial charge in [-0.15, -0.1) is 0 Å². The maximum absolute atomic E-state index is 13.6. The number of nitrogens with zero attached hydrogens (tertiary/aromatic N) is 3. The molecule has 0 spiro atoms. The van der Waals surface area contributed by atoms with Crippen LogP contribution in [0.1, 0.15) is 64.1 Å². The van der Waals surface area contributed by atoms with Crippen LogP contribution in [0, 0.1) is 11.3 Å². The third-order valence-electron chi connectivity index (χ3n) is 7.92. The molecule has 2 fully saturated rings. The van der Waals surface area contributed by atoms with Crippen LogP contribution in [0.15, 0.2) is 54.6 Å². The Balaban J connectivity index is 0.00000195. The molecule has 5 nitrogen and oxygen atoms in total. The lowest BCUT2D eigenvalue weighted by Crippen LogP contribution is -2.60. The molecule has 0 radical (unpaired) electrons. The summed E-state index contributed by atoms with van der Waals surface area (Å²) < 4.78 is 0. The van der Waals surface area contributed by atoms with Crippen molar-refractivity contribution in [2.45, 2.75) is 59.0 Å². The largest absolute Gasteiger partial charge is 0.343 e. The number of piperazine rings is 1. The molecule has 0 saturated carbocycles. The molecule has 2 aromatic rings. The van der Waals surface area contributed by atoms with Gasteiger partial charge in [-0.25, -0.2) is 0 Å². The fraction of sp³-hybridized carbons (Fsp3) is 0.533. The third kappa shape index (κ3) is 7.81. The second kappa shape index (κ2) is 13.9. The summed E-state index contributed by atoms with van der Waals surface area (Å²) in [5, 5.41) is 0.739. The maximum Gasteiger partial charge on any atom is 0.223 e. The van der Waals surface area contributed by atoms with E-state index in [4.69, 9.17) is 11.6 Å². The first-order valence-electron chi connectivity index (χ1n) is 13.4. The van der Waals surface area contributed by atoms with Crippen LogP contribution >= 0.6 is 11.6 Å². The number of piperidine rings is 1. The van der Waals surface area contributed by atoms with Crippen molar-refractivity contribution in [1.29, 1.82) is 0 Å². The van der Waals surface area contributed by atoms with Gasteiger partial charge < -0.3 is 9.80 Å². The van der Waals surface area contributed by atoms with Gasteiger partial charge in [0, 0.05) is 79.5 Å². The van der Waals surface area contributed by atoms with Crippen LogP contribution in [0.5, 0.6) is 0 Å². The van der Waals surface area contributed by atoms with Gasteiger partial charge in [-0.2, -0.15) is 0 Å². The number of carbonyl (C=O) groups is 2. The first-order chi connectivity index (χ1) is 18.1. The Morgan fingerprint density at radius 1 is 0.921 bits per heavy atom. The minimum absolute atomic E-state index is 0.0481. The van der Waals surface area contributed by atoms with Gasteiger partial charge in [-0.05, 0) is 47.4 Å². The molecule has 0 aliphatic carbocycles. The quantitative estimate of drug-likeness (QED) is 0.464. The van der Waals surface area contributed by atoms with E-state index in [0.29, 0.717) is 12.3 Å². The van der Waals surface area contributed by atoms with Crippen LogP contribution in [0.3, 0.4) is 0 Å². The van der Waals surface area contributed by atoms with Gasteiger partial charge in [0.1, 0.15) is 0 Å². The molecule has 2 atom stereocenters. The molecule has 0 N–H and O–H groups in total. The first-order valence-corrected chi connectivity index (χ1v) is 15.1. The summed E-state index contributed by atoms with van der Waals surface area (Å²) in [7, 11) is 0. The van der Waals surface area contributed by atoms with E-state index in [1.807, 2.05) is 17.0 Å². The van der Waals surface area contributed by atoms with E-state index in [1.165, 1.54) is 11.1 Å². The van der Waals surface area contributed by atoms with E-state index >= 15 is 0 Å². The average Bonchev–Trinajstić information content (AvgIpc) is 2.91. The molecule has 2 aliphatic heterocycles. The van der Waals surface area contributed by atoms with Crippen molar-refractivity contribution in [3.8, 4) is 0 Å². The Morgan fingerprint density at radius 3 is 2.05 bits per heavy atom. The molecule has 38 heavy (non-hydrogen) atoms. The van der Waals surface area contributed by atoms with Gasteiger partial charge >= 0.3 is 0 Å². The van der Waals surface area contributed by atoms with Gasteiger partial charge in [0.15, 0.2) is 0 Å². The molecule has 8 heteroatoms. The van der Waals surface area contributed by atoms with Gasteiger partial charge in [0.05, 0.1) is 6.04 Å². The van der Waals surface area contributed by atoms with Crippen LogP contribution < -0.4 is 0 Å². The topological polar surface area (TPSA) is 43.9 Å². The highest BCUT2D eigenvalue weighted by atomic mass is 35.5. The molecule has 2 saturated heterocycles. The van der Waals surface area contributed by atoms with Crippen molar-refractivity contribution in [2.75, 3.05) is 32.7 Å². The molecule has 4 rings (SSSR count). The predicted octanol–water partition coefficient (Wildman–Crippen LogP) is 5.63. The van der Waals surface area contributed by atoms with Crippen LogP contribution in [0.25, 0.3) is 0 Å². The number of benzene rings is 2. The molecular formula is C30H40ClN3O2S2. The second-order valence-electron chi connectivity index (χ2n) is 11.5. The summed E-state index contributed by atoms with van der Waals surface area (Å²) in [6, 6.07) is 19.0. The molecule has 1 unspecified atom stereocenters. The van der Waals surface area contributed by atoms with Crippen LogP contribution in [-0.4, -0.2) is 65.3 Å². The Labute approximate surface area is 243 Å². The molecule has 2 aliphatic rings. The zero-order valence-electron chi connectivity index (χ0n) is 22.9. The van der Waals surface area contributed by atoms with Gasteiger partial charge in [-0.1, -0.05) is 74.8 Å². The van der Waals surface area contributed by atoms with Gasteiger partial charge in [0.2, 0.25) is 11.8 Å². The van der Waals surface area contributed by atoms with E-state index in [0.717, 1.165) is 50.6 Å². The number of hydrogen-bond donors (Lipinski definition) is 0. The standard InChI is InChI=1S/C30H40ClN3O2.S2/c1-22(35)32-16-14-23(15-17-32)20-28(36)34-19-18-33(21-27(34)30(2,3)4)29(24-8-6-5-7-9-24)25-10-12-26(31)13-11-25;1-2/h5-13,23,27,29H,14-21H2,1-4H3;/t27-,29?;/m1./s1. The highest BCUT2D eigenvalue weighted by molar-refractivity contribution is 8.07. The van der Waals surface area contributed by atoms with Crippen LogP contribution in [-0.2, 0) is 32.0 Å². The zero-order valence-corrected chi connectivity index (χ0v) is 25.3. The van der Waals surface area contributed by atoms with Gasteiger partial charge in [-0.3, -0.25) is 14.5 Å². The highest BCUT2D eigenvalue weighted by Gasteiger charge is 2.40. The number of carbonyl (C=O) groups excluding carboxylic acids is 2. The van der Waals surface area contributed by atoms with Crippen LogP contribution in [0.2, 0.25) is 5.02 Å². The van der Waals surface area contributed by atoms with Crippen LogP contribution in [0.4, 0.5) is 0 Å². The Morgan fingerprint density at radius 2 is 1.50 bits per heavy atom. The van der Waals surface area contributed by atoms with Crippen molar-refractivity contribution in [1.82, 2.24) is 14.7 Å².